The summed E-state index contributed by atoms with van der Waals surface area (Å²) in [4.78, 5) is 14.6. The molecule has 40 heavy (non-hydrogen) atoms. The Bertz CT molecular complexity index is 1530. The van der Waals surface area contributed by atoms with Crippen molar-refractivity contribution in [2.75, 3.05) is 12.4 Å². The van der Waals surface area contributed by atoms with Crippen LogP contribution in [-0.4, -0.2) is 30.7 Å². The summed E-state index contributed by atoms with van der Waals surface area (Å²) >= 11 is 0.738. The van der Waals surface area contributed by atoms with Crippen molar-refractivity contribution in [1.29, 1.82) is 0 Å². The van der Waals surface area contributed by atoms with E-state index in [1.807, 2.05) is 63.2 Å². The van der Waals surface area contributed by atoms with Gasteiger partial charge in [-0.1, -0.05) is 48.5 Å². The maximum atomic E-state index is 11.9. The predicted molar refractivity (Wildman–Crippen MR) is 150 cm³/mol. The number of nitrogens with zero attached hydrogens (tertiary/aromatic N) is 2. The Morgan fingerprint density at radius 2 is 1.40 bits per heavy atom. The summed E-state index contributed by atoms with van der Waals surface area (Å²) in [6.45, 7) is 7.86. The number of aromatic nitrogens is 2. The van der Waals surface area contributed by atoms with Gasteiger partial charge in [-0.25, -0.2) is 4.89 Å². The van der Waals surface area contributed by atoms with E-state index >= 15 is 0 Å². The zero-order valence-electron chi connectivity index (χ0n) is 22.3. The molecule has 4 rings (SSSR count). The molecule has 0 aliphatic heterocycles. The predicted octanol–water partition coefficient (Wildman–Crippen LogP) is 6.37. The fourth-order valence-electron chi connectivity index (χ4n) is 3.61. The Balaban J connectivity index is 0.00000441. The van der Waals surface area contributed by atoms with Gasteiger partial charge in [0.25, 0.3) is 12.3 Å². The molecular weight excluding hydrogens is 732 g/mol. The molecule has 0 aliphatic carbocycles. The Morgan fingerprint density at radius 3 is 1.95 bits per heavy atom. The van der Waals surface area contributed by atoms with Crippen molar-refractivity contribution in [1.82, 2.24) is 9.97 Å². The molecule has 11 heteroatoms. The van der Waals surface area contributed by atoms with Gasteiger partial charge in [0.15, 0.2) is 0 Å². The normalized spacial score (nSPS) is 11.5. The standard InChI is InChI=1S/C29H28N2O6S2.Pt/c1-5-34-37-38-35-23-13-7-11-21(19-23)25-15-9-17-27(30-25)29(3,4)28-18-10-16-26(31-28)22-12-8-14-24(20-22)36-39(32,33)6-2;/h7-10,13-20H,5-6H2,1-4H3;/q-2;+2. The molecule has 0 saturated heterocycles. The fourth-order valence-corrected chi connectivity index (χ4v) is 4.47. The van der Waals surface area contributed by atoms with E-state index in [1.165, 1.54) is 6.92 Å². The van der Waals surface area contributed by atoms with Crippen molar-refractivity contribution in [3.63, 3.8) is 0 Å². The van der Waals surface area contributed by atoms with Crippen molar-refractivity contribution in [2.24, 2.45) is 0 Å². The second kappa shape index (κ2) is 14.2. The van der Waals surface area contributed by atoms with Gasteiger partial charge in [0.05, 0.1) is 23.9 Å². The zero-order valence-corrected chi connectivity index (χ0v) is 26.2. The molecule has 0 N–H and O–H groups in total. The first kappa shape index (κ1) is 31.8. The van der Waals surface area contributed by atoms with E-state index in [1.54, 1.807) is 30.3 Å². The number of hydrogen-bond acceptors (Lipinski definition) is 9. The minimum absolute atomic E-state index is 0. The van der Waals surface area contributed by atoms with Crippen molar-refractivity contribution in [3.05, 3.63) is 96.3 Å². The monoisotopic (exact) mass is 759 g/mol. The van der Waals surface area contributed by atoms with Crippen molar-refractivity contribution < 1.29 is 47.1 Å². The Morgan fingerprint density at radius 1 is 0.850 bits per heavy atom. The fraction of sp³-hybridized carbons (Fsp3) is 0.241. The third kappa shape index (κ3) is 8.14. The SMILES string of the molecule is CCOOSOc1cc[c-]c(-c2cccc(C(C)(C)c3cccc(-c4[c-]ccc(OS(=O)(=O)CC)c4)n3)n2)c1.[Pt+2]. The molecule has 0 saturated carbocycles. The van der Waals surface area contributed by atoms with E-state index in [0.717, 1.165) is 35.0 Å². The minimum atomic E-state index is -3.64. The van der Waals surface area contributed by atoms with Crippen molar-refractivity contribution in [3.8, 4) is 34.0 Å². The topological polar surface area (TPSA) is 96.8 Å². The van der Waals surface area contributed by atoms with Crippen LogP contribution in [0.3, 0.4) is 0 Å². The van der Waals surface area contributed by atoms with Gasteiger partial charge in [0.2, 0.25) is 0 Å². The minimum Gasteiger partial charge on any atom is -0.419 e. The molecule has 0 bridgehead atoms. The van der Waals surface area contributed by atoms with Crippen LogP contribution in [-0.2, 0) is 45.8 Å². The van der Waals surface area contributed by atoms with Crippen molar-refractivity contribution >= 4 is 22.4 Å². The first-order valence-corrected chi connectivity index (χ1v) is 14.5. The summed E-state index contributed by atoms with van der Waals surface area (Å²) < 4.78 is 39.3. The molecule has 212 valence electrons. The van der Waals surface area contributed by atoms with Crippen LogP contribution in [0.2, 0.25) is 0 Å². The van der Waals surface area contributed by atoms with E-state index in [0.29, 0.717) is 23.6 Å². The van der Waals surface area contributed by atoms with Gasteiger partial charge in [0, 0.05) is 16.8 Å². The molecule has 0 aliphatic rings. The van der Waals surface area contributed by atoms with Gasteiger partial charge in [-0.3, -0.25) is 0 Å². The summed E-state index contributed by atoms with van der Waals surface area (Å²) in [5.74, 6) is 0.672. The van der Waals surface area contributed by atoms with Gasteiger partial charge in [0.1, 0.15) is 0 Å². The number of benzene rings is 2. The molecule has 8 nitrogen and oxygen atoms in total. The molecule has 0 fully saturated rings. The first-order valence-electron chi connectivity index (χ1n) is 12.3. The average Bonchev–Trinajstić information content (AvgIpc) is 2.95. The number of hydrogen-bond donors (Lipinski definition) is 0. The summed E-state index contributed by atoms with van der Waals surface area (Å²) in [6.07, 6.45) is 0. The smallest absolute Gasteiger partial charge is 0.419 e. The quantitative estimate of drug-likeness (QED) is 0.0408. The van der Waals surface area contributed by atoms with Crippen LogP contribution in [0.5, 0.6) is 11.5 Å². The molecular formula is C29H28N2O6PtS2. The second-order valence-electron chi connectivity index (χ2n) is 8.87. The number of pyridine rings is 2. The summed E-state index contributed by atoms with van der Waals surface area (Å²) in [7, 11) is -3.64. The van der Waals surface area contributed by atoms with Crippen LogP contribution < -0.4 is 8.37 Å². The molecule has 0 atom stereocenters. The van der Waals surface area contributed by atoms with Crippen LogP contribution in [0.15, 0.2) is 72.8 Å². The largest absolute Gasteiger partial charge is 2.00 e. The van der Waals surface area contributed by atoms with Gasteiger partial charge in [-0.2, -0.15) is 8.42 Å². The van der Waals surface area contributed by atoms with E-state index < -0.39 is 15.5 Å². The maximum absolute atomic E-state index is 11.9. The number of rotatable bonds is 12. The van der Waals surface area contributed by atoms with E-state index in [-0.39, 0.29) is 32.6 Å². The summed E-state index contributed by atoms with van der Waals surface area (Å²) in [5, 5.41) is 0. The summed E-state index contributed by atoms with van der Waals surface area (Å²) in [6, 6.07) is 28.0. The molecule has 2 aromatic carbocycles. The second-order valence-corrected chi connectivity index (χ2v) is 11.2. The molecule has 0 spiro atoms. The van der Waals surface area contributed by atoms with E-state index in [4.69, 9.17) is 27.6 Å². The van der Waals surface area contributed by atoms with Gasteiger partial charge in [-0.15, -0.1) is 39.7 Å². The van der Waals surface area contributed by atoms with Gasteiger partial charge < -0.3 is 18.3 Å². The van der Waals surface area contributed by atoms with E-state index in [9.17, 15) is 8.42 Å². The zero-order chi connectivity index (χ0) is 27.9. The van der Waals surface area contributed by atoms with Crippen LogP contribution in [0.4, 0.5) is 0 Å². The van der Waals surface area contributed by atoms with Crippen LogP contribution in [0.1, 0.15) is 39.1 Å². The van der Waals surface area contributed by atoms with Gasteiger partial charge in [-0.05, 0) is 51.2 Å². The van der Waals surface area contributed by atoms with E-state index in [2.05, 4.69) is 12.1 Å². The van der Waals surface area contributed by atoms with Gasteiger partial charge >= 0.3 is 31.2 Å². The molecule has 4 aromatic rings. The Labute approximate surface area is 254 Å². The summed E-state index contributed by atoms with van der Waals surface area (Å²) in [5.41, 5.74) is 3.80. The average molecular weight is 760 g/mol. The van der Waals surface area contributed by atoms with Crippen molar-refractivity contribution in [2.45, 2.75) is 33.1 Å². The van der Waals surface area contributed by atoms with Crippen LogP contribution >= 0.6 is 12.3 Å². The van der Waals surface area contributed by atoms with Crippen LogP contribution in [0, 0.1) is 12.1 Å². The maximum Gasteiger partial charge on any atom is 2.00 e. The third-order valence-electron chi connectivity index (χ3n) is 5.78. The Hall–Kier alpha value is -2.75. The molecule has 0 unspecified atom stereocenters. The Kier molecular flexibility index (Phi) is 11.3. The molecule has 2 heterocycles. The molecule has 0 radical (unpaired) electrons. The molecule has 2 aromatic heterocycles. The van der Waals surface area contributed by atoms with Crippen LogP contribution in [0.25, 0.3) is 22.5 Å². The molecule has 0 amide bonds. The first-order chi connectivity index (χ1) is 18.7. The third-order valence-corrected chi connectivity index (χ3v) is 7.34.